The molecule has 2 aromatic carbocycles. The zero-order valence-electron chi connectivity index (χ0n) is 12.2. The van der Waals surface area contributed by atoms with Crippen molar-refractivity contribution in [2.75, 3.05) is 0 Å². The van der Waals surface area contributed by atoms with Crippen molar-refractivity contribution in [3.63, 3.8) is 0 Å². The highest BCUT2D eigenvalue weighted by Gasteiger charge is 2.12. The standard InChI is InChI=1S/C18H13N3O2/c22-18(16-13-19-11-12-20-16)23-21-17(14-7-3-1-4-8-14)15-9-5-2-6-10-15/h1-13H. The lowest BCUT2D eigenvalue weighted by Crippen LogP contribution is -2.09. The van der Waals surface area contributed by atoms with Crippen molar-refractivity contribution >= 4 is 11.7 Å². The minimum atomic E-state index is -0.650. The molecule has 3 aromatic rings. The third-order valence-corrected chi connectivity index (χ3v) is 3.09. The quantitative estimate of drug-likeness (QED) is 0.422. The largest absolute Gasteiger partial charge is 0.385 e. The summed E-state index contributed by atoms with van der Waals surface area (Å²) in [5, 5.41) is 4.04. The second-order valence-corrected chi connectivity index (χ2v) is 4.64. The molecule has 0 bridgehead atoms. The van der Waals surface area contributed by atoms with Crippen LogP contribution in [0.5, 0.6) is 0 Å². The topological polar surface area (TPSA) is 64.4 Å². The predicted molar refractivity (Wildman–Crippen MR) is 86.0 cm³/mol. The van der Waals surface area contributed by atoms with E-state index in [4.69, 9.17) is 4.84 Å². The summed E-state index contributed by atoms with van der Waals surface area (Å²) in [6.45, 7) is 0. The highest BCUT2D eigenvalue weighted by atomic mass is 16.7. The van der Waals surface area contributed by atoms with Crippen LogP contribution in [0.15, 0.2) is 84.4 Å². The average molecular weight is 303 g/mol. The highest BCUT2D eigenvalue weighted by Crippen LogP contribution is 2.11. The van der Waals surface area contributed by atoms with E-state index in [9.17, 15) is 4.79 Å². The number of nitrogens with zero attached hydrogens (tertiary/aromatic N) is 3. The van der Waals surface area contributed by atoms with E-state index in [0.29, 0.717) is 5.71 Å². The fraction of sp³-hybridized carbons (Fsp3) is 0. The van der Waals surface area contributed by atoms with Crippen LogP contribution < -0.4 is 0 Å². The molecule has 0 N–H and O–H groups in total. The van der Waals surface area contributed by atoms with Crippen molar-refractivity contribution < 1.29 is 9.63 Å². The molecule has 5 heteroatoms. The van der Waals surface area contributed by atoms with Crippen LogP contribution in [-0.4, -0.2) is 21.6 Å². The zero-order chi connectivity index (χ0) is 15.9. The van der Waals surface area contributed by atoms with Gasteiger partial charge in [0.05, 0.1) is 6.20 Å². The normalized spacial score (nSPS) is 9.91. The predicted octanol–water partition coefficient (Wildman–Crippen LogP) is 3.09. The molecule has 3 rings (SSSR count). The van der Waals surface area contributed by atoms with Gasteiger partial charge in [0.2, 0.25) is 0 Å². The van der Waals surface area contributed by atoms with Crippen LogP contribution in [0.25, 0.3) is 0 Å². The Labute approximate surface area is 133 Å². The Kier molecular flexibility index (Phi) is 4.49. The third-order valence-electron chi connectivity index (χ3n) is 3.09. The summed E-state index contributed by atoms with van der Waals surface area (Å²) in [5.41, 5.74) is 2.39. The minimum absolute atomic E-state index is 0.108. The molecular weight excluding hydrogens is 290 g/mol. The molecule has 112 valence electrons. The number of hydrogen-bond acceptors (Lipinski definition) is 5. The van der Waals surface area contributed by atoms with E-state index in [2.05, 4.69) is 15.1 Å². The maximum absolute atomic E-state index is 12.0. The number of carbonyl (C=O) groups excluding carboxylic acids is 1. The van der Waals surface area contributed by atoms with Crippen LogP contribution in [0, 0.1) is 0 Å². The molecule has 0 aliphatic rings. The lowest BCUT2D eigenvalue weighted by atomic mass is 10.0. The lowest BCUT2D eigenvalue weighted by molar-refractivity contribution is 0.0509. The van der Waals surface area contributed by atoms with Crippen molar-refractivity contribution in [2.45, 2.75) is 0 Å². The Hall–Kier alpha value is -3.34. The molecular formula is C18H13N3O2. The molecule has 0 aliphatic carbocycles. The monoisotopic (exact) mass is 303 g/mol. The average Bonchev–Trinajstić information content (AvgIpc) is 2.64. The summed E-state index contributed by atoms with van der Waals surface area (Å²) in [5.74, 6) is -0.650. The van der Waals surface area contributed by atoms with Crippen molar-refractivity contribution in [3.8, 4) is 0 Å². The van der Waals surface area contributed by atoms with Crippen molar-refractivity contribution in [2.24, 2.45) is 5.16 Å². The van der Waals surface area contributed by atoms with Gasteiger partial charge < -0.3 is 4.84 Å². The van der Waals surface area contributed by atoms with Gasteiger partial charge in [-0.15, -0.1) is 0 Å². The Balaban J connectivity index is 1.91. The molecule has 23 heavy (non-hydrogen) atoms. The third kappa shape index (κ3) is 3.65. The first kappa shape index (κ1) is 14.6. The van der Waals surface area contributed by atoms with E-state index in [1.165, 1.54) is 18.6 Å². The van der Waals surface area contributed by atoms with E-state index in [1.54, 1.807) is 0 Å². The van der Waals surface area contributed by atoms with Crippen molar-refractivity contribution in [1.82, 2.24) is 9.97 Å². The Morgan fingerprint density at radius 1 is 0.870 bits per heavy atom. The van der Waals surface area contributed by atoms with Gasteiger partial charge >= 0.3 is 5.97 Å². The first-order chi connectivity index (χ1) is 11.3. The van der Waals surface area contributed by atoms with Gasteiger partial charge in [0.25, 0.3) is 0 Å². The maximum atomic E-state index is 12.0. The minimum Gasteiger partial charge on any atom is -0.310 e. The van der Waals surface area contributed by atoms with E-state index < -0.39 is 5.97 Å². The highest BCUT2D eigenvalue weighted by molar-refractivity contribution is 6.12. The number of benzene rings is 2. The number of aromatic nitrogens is 2. The maximum Gasteiger partial charge on any atom is 0.385 e. The van der Waals surface area contributed by atoms with E-state index in [0.717, 1.165) is 11.1 Å². The second-order valence-electron chi connectivity index (χ2n) is 4.64. The van der Waals surface area contributed by atoms with E-state index >= 15 is 0 Å². The fourth-order valence-electron chi connectivity index (χ4n) is 2.00. The van der Waals surface area contributed by atoms with Crippen LogP contribution in [0.2, 0.25) is 0 Å². The van der Waals surface area contributed by atoms with Gasteiger partial charge in [0.1, 0.15) is 5.71 Å². The molecule has 1 heterocycles. The van der Waals surface area contributed by atoms with Gasteiger partial charge in [-0.2, -0.15) is 0 Å². The fourth-order valence-corrected chi connectivity index (χ4v) is 2.00. The van der Waals surface area contributed by atoms with Gasteiger partial charge in [-0.3, -0.25) is 4.98 Å². The Bertz CT molecular complexity index is 762. The number of hydrogen-bond donors (Lipinski definition) is 0. The summed E-state index contributed by atoms with van der Waals surface area (Å²) < 4.78 is 0. The molecule has 0 unspecified atom stereocenters. The SMILES string of the molecule is O=C(ON=C(c1ccccc1)c1ccccc1)c1cnccn1. The second kappa shape index (κ2) is 7.09. The summed E-state index contributed by atoms with van der Waals surface area (Å²) in [6.07, 6.45) is 4.25. The number of oxime groups is 1. The molecule has 0 spiro atoms. The molecule has 0 aliphatic heterocycles. The summed E-state index contributed by atoms with van der Waals surface area (Å²) in [7, 11) is 0. The van der Waals surface area contributed by atoms with Gasteiger partial charge in [0.15, 0.2) is 5.69 Å². The Morgan fingerprint density at radius 2 is 1.48 bits per heavy atom. The molecule has 0 radical (unpaired) electrons. The molecule has 0 atom stereocenters. The van der Waals surface area contributed by atoms with E-state index in [1.807, 2.05) is 60.7 Å². The molecule has 0 fully saturated rings. The van der Waals surface area contributed by atoms with Crippen LogP contribution in [0.3, 0.4) is 0 Å². The summed E-state index contributed by atoms with van der Waals surface area (Å²) in [6, 6.07) is 19.1. The number of rotatable bonds is 4. The molecule has 0 amide bonds. The Morgan fingerprint density at radius 3 is 2.00 bits per heavy atom. The summed E-state index contributed by atoms with van der Waals surface area (Å²) >= 11 is 0. The smallest absolute Gasteiger partial charge is 0.310 e. The van der Waals surface area contributed by atoms with Crippen LogP contribution >= 0.6 is 0 Å². The van der Waals surface area contributed by atoms with Gasteiger partial charge in [0, 0.05) is 23.5 Å². The van der Waals surface area contributed by atoms with Gasteiger partial charge in [-0.25, -0.2) is 9.78 Å². The lowest BCUT2D eigenvalue weighted by Gasteiger charge is -2.06. The molecule has 0 saturated carbocycles. The van der Waals surface area contributed by atoms with Crippen LogP contribution in [0.4, 0.5) is 0 Å². The first-order valence-electron chi connectivity index (χ1n) is 7.01. The van der Waals surface area contributed by atoms with Crippen molar-refractivity contribution in [3.05, 3.63) is 96.1 Å². The summed E-state index contributed by atoms with van der Waals surface area (Å²) in [4.78, 5) is 24.8. The first-order valence-corrected chi connectivity index (χ1v) is 7.01. The molecule has 1 aromatic heterocycles. The molecule has 5 nitrogen and oxygen atoms in total. The van der Waals surface area contributed by atoms with Crippen molar-refractivity contribution in [1.29, 1.82) is 0 Å². The van der Waals surface area contributed by atoms with Gasteiger partial charge in [-0.1, -0.05) is 65.8 Å². The van der Waals surface area contributed by atoms with Crippen LogP contribution in [0.1, 0.15) is 21.6 Å². The van der Waals surface area contributed by atoms with Gasteiger partial charge in [-0.05, 0) is 0 Å². The zero-order valence-corrected chi connectivity index (χ0v) is 12.2. The van der Waals surface area contributed by atoms with E-state index in [-0.39, 0.29) is 5.69 Å². The number of carbonyl (C=O) groups is 1. The van der Waals surface area contributed by atoms with Crippen LogP contribution in [-0.2, 0) is 4.84 Å². The molecule has 0 saturated heterocycles.